The van der Waals surface area contributed by atoms with E-state index in [2.05, 4.69) is 6.58 Å². The van der Waals surface area contributed by atoms with Gasteiger partial charge in [0.1, 0.15) is 0 Å². The highest BCUT2D eigenvalue weighted by atomic mass is 16.5. The predicted molar refractivity (Wildman–Crippen MR) is 66.5 cm³/mol. The Morgan fingerprint density at radius 1 is 1.59 bits per heavy atom. The van der Waals surface area contributed by atoms with Crippen molar-refractivity contribution in [3.63, 3.8) is 0 Å². The summed E-state index contributed by atoms with van der Waals surface area (Å²) in [4.78, 5) is 0. The van der Waals surface area contributed by atoms with E-state index in [1.165, 1.54) is 0 Å². The molecule has 1 aromatic carbocycles. The van der Waals surface area contributed by atoms with E-state index in [1.807, 2.05) is 19.1 Å². The van der Waals surface area contributed by atoms with Crippen LogP contribution in [-0.4, -0.2) is 24.9 Å². The fourth-order valence-electron chi connectivity index (χ4n) is 2.03. The maximum absolute atomic E-state index is 9.87. The van der Waals surface area contributed by atoms with Crippen molar-refractivity contribution < 1.29 is 14.6 Å². The zero-order chi connectivity index (χ0) is 12.3. The van der Waals surface area contributed by atoms with Gasteiger partial charge in [0.05, 0.1) is 19.8 Å². The van der Waals surface area contributed by atoms with Crippen molar-refractivity contribution in [2.75, 3.05) is 19.8 Å². The van der Waals surface area contributed by atoms with Crippen LogP contribution < -0.4 is 4.74 Å². The number of fused-ring (bicyclic) bond motifs is 1. The molecule has 1 aliphatic rings. The number of hydrogen-bond donors (Lipinski definition) is 1. The lowest BCUT2D eigenvalue weighted by molar-refractivity contribution is 0.0865. The SMILES string of the molecule is C=CCOCC1COc2c(ccc(C)c2O)C1. The van der Waals surface area contributed by atoms with Crippen LogP contribution in [0.25, 0.3) is 0 Å². The Balaban J connectivity index is 2.04. The molecule has 2 rings (SSSR count). The number of aryl methyl sites for hydroxylation is 1. The quantitative estimate of drug-likeness (QED) is 0.642. The molecule has 1 unspecified atom stereocenters. The second kappa shape index (κ2) is 5.23. The molecule has 0 bridgehead atoms. The van der Waals surface area contributed by atoms with Crippen LogP contribution in [0.2, 0.25) is 0 Å². The Morgan fingerprint density at radius 3 is 3.18 bits per heavy atom. The number of rotatable bonds is 4. The van der Waals surface area contributed by atoms with E-state index in [0.29, 0.717) is 31.5 Å². The molecule has 0 saturated carbocycles. The van der Waals surface area contributed by atoms with E-state index in [-0.39, 0.29) is 5.75 Å². The van der Waals surface area contributed by atoms with Crippen molar-refractivity contribution in [1.29, 1.82) is 0 Å². The first-order valence-corrected chi connectivity index (χ1v) is 5.85. The summed E-state index contributed by atoms with van der Waals surface area (Å²) >= 11 is 0. The Morgan fingerprint density at radius 2 is 2.41 bits per heavy atom. The van der Waals surface area contributed by atoms with Gasteiger partial charge in [-0.05, 0) is 24.5 Å². The third-order valence-electron chi connectivity index (χ3n) is 2.98. The molecule has 92 valence electrons. The lowest BCUT2D eigenvalue weighted by Crippen LogP contribution is -2.25. The maximum atomic E-state index is 9.87. The second-order valence-corrected chi connectivity index (χ2v) is 4.43. The van der Waals surface area contributed by atoms with Gasteiger partial charge in [-0.25, -0.2) is 0 Å². The van der Waals surface area contributed by atoms with Gasteiger partial charge in [-0.3, -0.25) is 0 Å². The summed E-state index contributed by atoms with van der Waals surface area (Å²) in [6.07, 6.45) is 2.63. The van der Waals surface area contributed by atoms with Crippen molar-refractivity contribution in [2.45, 2.75) is 13.3 Å². The lowest BCUT2D eigenvalue weighted by Gasteiger charge is -2.26. The van der Waals surface area contributed by atoms with Crippen LogP contribution in [0.4, 0.5) is 0 Å². The molecule has 0 amide bonds. The molecule has 3 nitrogen and oxygen atoms in total. The number of phenols is 1. The first-order valence-electron chi connectivity index (χ1n) is 5.85. The third-order valence-corrected chi connectivity index (χ3v) is 2.98. The van der Waals surface area contributed by atoms with Gasteiger partial charge in [-0.15, -0.1) is 6.58 Å². The molecular formula is C14H18O3. The molecule has 0 aliphatic carbocycles. The maximum Gasteiger partial charge on any atom is 0.164 e. The summed E-state index contributed by atoms with van der Waals surface area (Å²) in [5.41, 5.74) is 1.91. The fourth-order valence-corrected chi connectivity index (χ4v) is 2.03. The minimum Gasteiger partial charge on any atom is -0.504 e. The molecular weight excluding hydrogens is 216 g/mol. The average molecular weight is 234 g/mol. The van der Waals surface area contributed by atoms with Gasteiger partial charge >= 0.3 is 0 Å². The predicted octanol–water partition coefficient (Wildman–Crippen LogP) is 2.45. The van der Waals surface area contributed by atoms with Gasteiger partial charge < -0.3 is 14.6 Å². The van der Waals surface area contributed by atoms with Crippen LogP contribution in [0, 0.1) is 12.8 Å². The van der Waals surface area contributed by atoms with Crippen LogP contribution in [0.1, 0.15) is 11.1 Å². The Labute approximate surface area is 102 Å². The van der Waals surface area contributed by atoms with E-state index < -0.39 is 0 Å². The third kappa shape index (κ3) is 2.61. The first-order chi connectivity index (χ1) is 8.22. The Bertz CT molecular complexity index is 412. The second-order valence-electron chi connectivity index (χ2n) is 4.43. The molecule has 0 radical (unpaired) electrons. The normalized spacial score (nSPS) is 18.3. The number of aromatic hydroxyl groups is 1. The van der Waals surface area contributed by atoms with Crippen LogP contribution >= 0.6 is 0 Å². The fraction of sp³-hybridized carbons (Fsp3) is 0.429. The first kappa shape index (κ1) is 12.0. The highest BCUT2D eigenvalue weighted by Crippen LogP contribution is 2.37. The van der Waals surface area contributed by atoms with Crippen molar-refractivity contribution in [2.24, 2.45) is 5.92 Å². The van der Waals surface area contributed by atoms with E-state index in [0.717, 1.165) is 17.5 Å². The monoisotopic (exact) mass is 234 g/mol. The number of ether oxygens (including phenoxy) is 2. The summed E-state index contributed by atoms with van der Waals surface area (Å²) in [6, 6.07) is 3.94. The van der Waals surface area contributed by atoms with Crippen LogP contribution in [-0.2, 0) is 11.2 Å². The summed E-state index contributed by atoms with van der Waals surface area (Å²) in [7, 11) is 0. The van der Waals surface area contributed by atoms with Gasteiger partial charge in [0.25, 0.3) is 0 Å². The Hall–Kier alpha value is -1.48. The summed E-state index contributed by atoms with van der Waals surface area (Å²) < 4.78 is 11.1. The van der Waals surface area contributed by atoms with E-state index >= 15 is 0 Å². The molecule has 0 saturated heterocycles. The van der Waals surface area contributed by atoms with Crippen molar-refractivity contribution in [1.82, 2.24) is 0 Å². The molecule has 0 aromatic heterocycles. The molecule has 1 heterocycles. The summed E-state index contributed by atoms with van der Waals surface area (Å²) in [6.45, 7) is 7.32. The molecule has 0 fully saturated rings. The number of hydrogen-bond acceptors (Lipinski definition) is 3. The smallest absolute Gasteiger partial charge is 0.164 e. The molecule has 1 atom stereocenters. The molecule has 1 aromatic rings. The van der Waals surface area contributed by atoms with E-state index in [1.54, 1.807) is 6.08 Å². The highest BCUT2D eigenvalue weighted by molar-refractivity contribution is 5.51. The molecule has 0 spiro atoms. The van der Waals surface area contributed by atoms with Crippen molar-refractivity contribution in [3.05, 3.63) is 35.9 Å². The van der Waals surface area contributed by atoms with Gasteiger partial charge in [-0.1, -0.05) is 18.2 Å². The molecule has 3 heteroatoms. The largest absolute Gasteiger partial charge is 0.504 e. The van der Waals surface area contributed by atoms with Gasteiger partial charge in [-0.2, -0.15) is 0 Å². The standard InChI is InChI=1S/C14H18O3/c1-3-6-16-8-11-7-12-5-4-10(2)13(15)14(12)17-9-11/h3-5,11,15H,1,6-9H2,2H3. The van der Waals surface area contributed by atoms with Crippen LogP contribution in [0.15, 0.2) is 24.8 Å². The average Bonchev–Trinajstić information content (AvgIpc) is 2.34. The number of phenolic OH excluding ortho intramolecular Hbond substituents is 1. The Kier molecular flexibility index (Phi) is 3.69. The lowest BCUT2D eigenvalue weighted by atomic mass is 9.96. The van der Waals surface area contributed by atoms with Gasteiger partial charge in [0.2, 0.25) is 0 Å². The van der Waals surface area contributed by atoms with Crippen LogP contribution in [0.5, 0.6) is 11.5 Å². The zero-order valence-electron chi connectivity index (χ0n) is 10.1. The molecule has 17 heavy (non-hydrogen) atoms. The minimum atomic E-state index is 0.271. The minimum absolute atomic E-state index is 0.271. The topological polar surface area (TPSA) is 38.7 Å². The summed E-state index contributed by atoms with van der Waals surface area (Å²) in [5.74, 6) is 1.27. The van der Waals surface area contributed by atoms with E-state index in [9.17, 15) is 5.11 Å². The van der Waals surface area contributed by atoms with Crippen molar-refractivity contribution >= 4 is 0 Å². The molecule has 1 N–H and O–H groups in total. The number of benzene rings is 1. The highest BCUT2D eigenvalue weighted by Gasteiger charge is 2.23. The van der Waals surface area contributed by atoms with E-state index in [4.69, 9.17) is 9.47 Å². The van der Waals surface area contributed by atoms with Gasteiger partial charge in [0.15, 0.2) is 11.5 Å². The zero-order valence-corrected chi connectivity index (χ0v) is 10.1. The van der Waals surface area contributed by atoms with Crippen molar-refractivity contribution in [3.8, 4) is 11.5 Å². The van der Waals surface area contributed by atoms with Crippen LogP contribution in [0.3, 0.4) is 0 Å². The summed E-state index contributed by atoms with van der Waals surface area (Å²) in [5, 5.41) is 9.87. The molecule has 1 aliphatic heterocycles. The van der Waals surface area contributed by atoms with Gasteiger partial charge in [0, 0.05) is 5.92 Å².